The van der Waals surface area contributed by atoms with Crippen molar-refractivity contribution in [3.63, 3.8) is 0 Å². The van der Waals surface area contributed by atoms with Crippen molar-refractivity contribution in [3.05, 3.63) is 0 Å². The van der Waals surface area contributed by atoms with Gasteiger partial charge in [-0.15, -0.1) is 0 Å². The molecule has 3 aliphatic heterocycles. The molecule has 14 heavy (non-hydrogen) atoms. The minimum atomic E-state index is 0.0171. The number of hydrogen-bond acceptors (Lipinski definition) is 4. The molecule has 0 amide bonds. The van der Waals surface area contributed by atoms with Gasteiger partial charge in [-0.25, -0.2) is 0 Å². The Morgan fingerprint density at radius 3 is 2.79 bits per heavy atom. The predicted octanol–water partition coefficient (Wildman–Crippen LogP) is 0.562. The Hall–Kier alpha value is 0.230. The highest BCUT2D eigenvalue weighted by Crippen LogP contribution is 2.37. The fraction of sp³-hybridized carbons (Fsp3) is 1.00. The van der Waals surface area contributed by atoms with Gasteiger partial charge in [-0.3, -0.25) is 5.32 Å². The van der Waals surface area contributed by atoms with Crippen LogP contribution in [-0.4, -0.2) is 42.5 Å². The molecule has 0 bridgehead atoms. The van der Waals surface area contributed by atoms with E-state index in [0.29, 0.717) is 0 Å². The molecule has 0 aromatic carbocycles. The summed E-state index contributed by atoms with van der Waals surface area (Å²) in [6.45, 7) is 3.24. The standard InChI is InChI=1S/C10H18N2OS/c1-2-10(8-14-5-1)12-4-3-9(13-10)6-11-7-9/h11-12H,1-8H2. The fourth-order valence-corrected chi connectivity index (χ4v) is 3.79. The van der Waals surface area contributed by atoms with Crippen molar-refractivity contribution in [2.45, 2.75) is 30.6 Å². The molecule has 3 aliphatic rings. The van der Waals surface area contributed by atoms with Crippen molar-refractivity contribution >= 4 is 11.8 Å². The number of hydrogen-bond donors (Lipinski definition) is 2. The lowest BCUT2D eigenvalue weighted by Gasteiger charge is -2.54. The minimum Gasteiger partial charge on any atom is -0.351 e. The van der Waals surface area contributed by atoms with Gasteiger partial charge < -0.3 is 10.1 Å². The average Bonchev–Trinajstić information content (AvgIpc) is 2.17. The van der Waals surface area contributed by atoms with Crippen LogP contribution in [0, 0.1) is 0 Å². The smallest absolute Gasteiger partial charge is 0.129 e. The second kappa shape index (κ2) is 3.37. The average molecular weight is 214 g/mol. The molecule has 3 fully saturated rings. The molecule has 80 valence electrons. The van der Waals surface area contributed by atoms with Crippen LogP contribution in [0.15, 0.2) is 0 Å². The lowest BCUT2D eigenvalue weighted by molar-refractivity contribution is -0.212. The van der Waals surface area contributed by atoms with E-state index in [2.05, 4.69) is 10.6 Å². The highest BCUT2D eigenvalue weighted by molar-refractivity contribution is 7.99. The second-order valence-corrected chi connectivity index (χ2v) is 5.82. The van der Waals surface area contributed by atoms with Crippen LogP contribution in [0.5, 0.6) is 0 Å². The van der Waals surface area contributed by atoms with Crippen LogP contribution in [-0.2, 0) is 4.74 Å². The van der Waals surface area contributed by atoms with Crippen molar-refractivity contribution in [2.24, 2.45) is 0 Å². The van der Waals surface area contributed by atoms with Gasteiger partial charge in [-0.1, -0.05) is 0 Å². The maximum Gasteiger partial charge on any atom is 0.129 e. The third kappa shape index (κ3) is 1.48. The maximum atomic E-state index is 6.34. The summed E-state index contributed by atoms with van der Waals surface area (Å²) < 4.78 is 6.34. The van der Waals surface area contributed by atoms with Crippen LogP contribution in [0.1, 0.15) is 19.3 Å². The van der Waals surface area contributed by atoms with Crippen LogP contribution in [0.25, 0.3) is 0 Å². The van der Waals surface area contributed by atoms with E-state index in [1.807, 2.05) is 11.8 Å². The Morgan fingerprint density at radius 2 is 2.14 bits per heavy atom. The largest absolute Gasteiger partial charge is 0.351 e. The molecule has 3 heterocycles. The van der Waals surface area contributed by atoms with E-state index in [-0.39, 0.29) is 11.3 Å². The first kappa shape index (κ1) is 9.46. The summed E-state index contributed by atoms with van der Waals surface area (Å²) in [5.41, 5.74) is 0.201. The lowest BCUT2D eigenvalue weighted by Crippen LogP contribution is -2.71. The zero-order chi connectivity index (χ0) is 9.49. The lowest BCUT2D eigenvalue weighted by atomic mass is 9.89. The van der Waals surface area contributed by atoms with Crippen molar-refractivity contribution in [3.8, 4) is 0 Å². The molecule has 0 aliphatic carbocycles. The fourth-order valence-electron chi connectivity index (χ4n) is 2.66. The molecule has 0 saturated carbocycles. The normalized spacial score (nSPS) is 41.1. The van der Waals surface area contributed by atoms with Crippen LogP contribution in [0.3, 0.4) is 0 Å². The van der Waals surface area contributed by atoms with Crippen molar-refractivity contribution in [1.82, 2.24) is 10.6 Å². The zero-order valence-electron chi connectivity index (χ0n) is 8.47. The van der Waals surface area contributed by atoms with Crippen LogP contribution >= 0.6 is 11.8 Å². The summed E-state index contributed by atoms with van der Waals surface area (Å²) in [6.07, 6.45) is 3.66. The zero-order valence-corrected chi connectivity index (χ0v) is 9.29. The molecule has 2 N–H and O–H groups in total. The summed E-state index contributed by atoms with van der Waals surface area (Å²) in [6, 6.07) is 0. The molecule has 1 atom stereocenters. The highest BCUT2D eigenvalue weighted by atomic mass is 32.2. The van der Waals surface area contributed by atoms with E-state index in [0.717, 1.165) is 25.4 Å². The van der Waals surface area contributed by atoms with E-state index in [4.69, 9.17) is 4.74 Å². The first-order valence-electron chi connectivity index (χ1n) is 5.56. The summed E-state index contributed by atoms with van der Waals surface area (Å²) in [5, 5.41) is 6.92. The Kier molecular flexibility index (Phi) is 2.28. The predicted molar refractivity (Wildman–Crippen MR) is 58.6 cm³/mol. The summed E-state index contributed by atoms with van der Waals surface area (Å²) in [5.74, 6) is 2.44. The highest BCUT2D eigenvalue weighted by Gasteiger charge is 2.49. The molecule has 4 heteroatoms. The van der Waals surface area contributed by atoms with Gasteiger partial charge in [0.1, 0.15) is 5.72 Å². The van der Waals surface area contributed by atoms with Gasteiger partial charge in [0.25, 0.3) is 0 Å². The molecule has 0 aromatic rings. The molecule has 3 saturated heterocycles. The molecule has 3 nitrogen and oxygen atoms in total. The van der Waals surface area contributed by atoms with Crippen LogP contribution < -0.4 is 10.6 Å². The van der Waals surface area contributed by atoms with E-state index in [1.54, 1.807) is 0 Å². The molecule has 3 rings (SSSR count). The molecule has 0 radical (unpaired) electrons. The Bertz CT molecular complexity index is 219. The number of nitrogens with one attached hydrogen (secondary N) is 2. The first-order valence-corrected chi connectivity index (χ1v) is 6.72. The Labute approximate surface area is 89.3 Å². The maximum absolute atomic E-state index is 6.34. The van der Waals surface area contributed by atoms with E-state index < -0.39 is 0 Å². The third-order valence-corrected chi connectivity index (χ3v) is 4.79. The van der Waals surface area contributed by atoms with Gasteiger partial charge >= 0.3 is 0 Å². The molecular formula is C10H18N2OS. The quantitative estimate of drug-likeness (QED) is 0.617. The molecule has 1 unspecified atom stereocenters. The Balaban J connectivity index is 1.73. The topological polar surface area (TPSA) is 33.3 Å². The van der Waals surface area contributed by atoms with Gasteiger partial charge in [0, 0.05) is 25.4 Å². The summed E-state index contributed by atoms with van der Waals surface area (Å²) >= 11 is 2.03. The van der Waals surface area contributed by atoms with E-state index in [9.17, 15) is 0 Å². The molecular weight excluding hydrogens is 196 g/mol. The van der Waals surface area contributed by atoms with E-state index in [1.165, 1.54) is 25.0 Å². The Morgan fingerprint density at radius 1 is 1.21 bits per heavy atom. The minimum absolute atomic E-state index is 0.0171. The van der Waals surface area contributed by atoms with E-state index >= 15 is 0 Å². The monoisotopic (exact) mass is 214 g/mol. The van der Waals surface area contributed by atoms with Gasteiger partial charge in [-0.05, 0) is 25.0 Å². The summed E-state index contributed by atoms with van der Waals surface area (Å²) in [4.78, 5) is 0. The van der Waals surface area contributed by atoms with Crippen LogP contribution in [0.4, 0.5) is 0 Å². The van der Waals surface area contributed by atoms with Crippen molar-refractivity contribution < 1.29 is 4.74 Å². The molecule has 2 spiro atoms. The number of rotatable bonds is 0. The van der Waals surface area contributed by atoms with Gasteiger partial charge in [0.05, 0.1) is 5.60 Å². The van der Waals surface area contributed by atoms with Crippen molar-refractivity contribution in [1.29, 1.82) is 0 Å². The molecule has 0 aromatic heterocycles. The number of thioether (sulfide) groups is 1. The third-order valence-electron chi connectivity index (χ3n) is 3.54. The summed E-state index contributed by atoms with van der Waals surface area (Å²) in [7, 11) is 0. The SMILES string of the molecule is C1CSCC2(C1)NCCC1(CNC1)O2. The van der Waals surface area contributed by atoms with Gasteiger partial charge in [0.15, 0.2) is 0 Å². The van der Waals surface area contributed by atoms with Crippen molar-refractivity contribution in [2.75, 3.05) is 31.1 Å². The number of ether oxygens (including phenoxy) is 1. The first-order chi connectivity index (χ1) is 6.83. The van der Waals surface area contributed by atoms with Crippen LogP contribution in [0.2, 0.25) is 0 Å². The van der Waals surface area contributed by atoms with Gasteiger partial charge in [0.2, 0.25) is 0 Å². The van der Waals surface area contributed by atoms with Gasteiger partial charge in [-0.2, -0.15) is 11.8 Å². The second-order valence-electron chi connectivity index (χ2n) is 4.72.